The molecule has 0 saturated carbocycles. The van der Waals surface area contributed by atoms with Crippen LogP contribution in [0.25, 0.3) is 6.08 Å². The minimum Gasteiger partial charge on any atom is -0.493 e. The SMILES string of the molecule is CCOC(=O)COc1cc(Br)c(/C=C2/SC(=O)N(CC(=O)OC(C)C)C2=O)cc1OC. The van der Waals surface area contributed by atoms with Crippen molar-refractivity contribution in [3.05, 3.63) is 27.1 Å². The summed E-state index contributed by atoms with van der Waals surface area (Å²) in [7, 11) is 1.43. The maximum atomic E-state index is 12.6. The number of ether oxygens (including phenoxy) is 4. The average Bonchev–Trinajstić information content (AvgIpc) is 2.95. The Morgan fingerprint density at radius 1 is 1.19 bits per heavy atom. The molecule has 1 heterocycles. The second-order valence-corrected chi connectivity index (χ2v) is 8.27. The van der Waals surface area contributed by atoms with Crippen LogP contribution in [-0.4, -0.2) is 61.0 Å². The summed E-state index contributed by atoms with van der Waals surface area (Å²) >= 11 is 4.10. The zero-order chi connectivity index (χ0) is 23.1. The van der Waals surface area contributed by atoms with E-state index < -0.39 is 29.6 Å². The van der Waals surface area contributed by atoms with Crippen molar-refractivity contribution in [3.8, 4) is 11.5 Å². The summed E-state index contributed by atoms with van der Waals surface area (Å²) in [6.07, 6.45) is 1.15. The fourth-order valence-corrected chi connectivity index (χ4v) is 3.75. The monoisotopic (exact) mass is 515 g/mol. The Labute approximate surface area is 192 Å². The van der Waals surface area contributed by atoms with Crippen LogP contribution in [0.5, 0.6) is 11.5 Å². The van der Waals surface area contributed by atoms with E-state index in [4.69, 9.17) is 18.9 Å². The summed E-state index contributed by atoms with van der Waals surface area (Å²) in [5.41, 5.74) is 0.538. The molecule has 0 aromatic heterocycles. The number of imide groups is 1. The van der Waals surface area contributed by atoms with Crippen molar-refractivity contribution in [1.82, 2.24) is 4.90 Å². The summed E-state index contributed by atoms with van der Waals surface area (Å²) in [5, 5.41) is -0.561. The van der Waals surface area contributed by atoms with E-state index in [9.17, 15) is 19.2 Å². The van der Waals surface area contributed by atoms with Crippen LogP contribution in [0.2, 0.25) is 0 Å². The third-order valence-electron chi connectivity index (χ3n) is 3.75. The summed E-state index contributed by atoms with van der Waals surface area (Å²) in [6, 6.07) is 3.17. The van der Waals surface area contributed by atoms with E-state index in [0.717, 1.165) is 16.7 Å². The Balaban J connectivity index is 2.20. The van der Waals surface area contributed by atoms with Gasteiger partial charge in [-0.2, -0.15) is 0 Å². The highest BCUT2D eigenvalue weighted by atomic mass is 79.9. The highest BCUT2D eigenvalue weighted by Gasteiger charge is 2.37. The van der Waals surface area contributed by atoms with Gasteiger partial charge in [0.15, 0.2) is 18.1 Å². The molecule has 9 nitrogen and oxygen atoms in total. The number of halogens is 1. The van der Waals surface area contributed by atoms with Crippen molar-refractivity contribution in [2.75, 3.05) is 26.9 Å². The van der Waals surface area contributed by atoms with Gasteiger partial charge in [-0.3, -0.25) is 19.3 Å². The van der Waals surface area contributed by atoms with Crippen LogP contribution < -0.4 is 9.47 Å². The zero-order valence-corrected chi connectivity index (χ0v) is 19.8. The predicted octanol–water partition coefficient (Wildman–Crippen LogP) is 3.39. The van der Waals surface area contributed by atoms with Gasteiger partial charge >= 0.3 is 11.9 Å². The Bertz CT molecular complexity index is 915. The molecular formula is C20H22BrNO8S. The van der Waals surface area contributed by atoms with E-state index in [2.05, 4.69) is 15.9 Å². The number of benzene rings is 1. The molecular weight excluding hydrogens is 494 g/mol. The van der Waals surface area contributed by atoms with Crippen LogP contribution >= 0.6 is 27.7 Å². The smallest absolute Gasteiger partial charge is 0.344 e. The van der Waals surface area contributed by atoms with E-state index in [-0.39, 0.29) is 24.2 Å². The second-order valence-electron chi connectivity index (χ2n) is 6.42. The fourth-order valence-electron chi connectivity index (χ4n) is 2.48. The molecule has 1 aliphatic heterocycles. The van der Waals surface area contributed by atoms with Gasteiger partial charge in [-0.1, -0.05) is 15.9 Å². The number of esters is 2. The number of hydrogen-bond acceptors (Lipinski definition) is 9. The summed E-state index contributed by atoms with van der Waals surface area (Å²) in [6.45, 7) is 4.55. The van der Waals surface area contributed by atoms with E-state index in [1.165, 1.54) is 13.2 Å². The van der Waals surface area contributed by atoms with Gasteiger partial charge in [0.25, 0.3) is 11.1 Å². The number of carbonyl (C=O) groups is 4. The van der Waals surface area contributed by atoms with Crippen LogP contribution in [0.3, 0.4) is 0 Å². The van der Waals surface area contributed by atoms with Crippen molar-refractivity contribution in [3.63, 3.8) is 0 Å². The van der Waals surface area contributed by atoms with Crippen LogP contribution in [0.15, 0.2) is 21.5 Å². The lowest BCUT2D eigenvalue weighted by molar-refractivity contribution is -0.149. The van der Waals surface area contributed by atoms with Gasteiger partial charge in [0.2, 0.25) is 0 Å². The van der Waals surface area contributed by atoms with Gasteiger partial charge in [0.1, 0.15) is 6.54 Å². The molecule has 0 N–H and O–H groups in total. The predicted molar refractivity (Wildman–Crippen MR) is 117 cm³/mol. The highest BCUT2D eigenvalue weighted by molar-refractivity contribution is 9.10. The Morgan fingerprint density at radius 3 is 2.52 bits per heavy atom. The first kappa shape index (κ1) is 24.7. The average molecular weight is 516 g/mol. The van der Waals surface area contributed by atoms with Crippen LogP contribution in [0, 0.1) is 0 Å². The summed E-state index contributed by atoms with van der Waals surface area (Å²) in [5.74, 6) is -1.16. The van der Waals surface area contributed by atoms with E-state index >= 15 is 0 Å². The molecule has 2 rings (SSSR count). The molecule has 1 saturated heterocycles. The Morgan fingerprint density at radius 2 is 1.90 bits per heavy atom. The molecule has 0 unspecified atom stereocenters. The number of nitrogens with zero attached hydrogens (tertiary/aromatic N) is 1. The van der Waals surface area contributed by atoms with Crippen molar-refractivity contribution in [1.29, 1.82) is 0 Å². The number of rotatable bonds is 9. The zero-order valence-electron chi connectivity index (χ0n) is 17.4. The fraction of sp³-hybridized carbons (Fsp3) is 0.400. The van der Waals surface area contributed by atoms with Crippen LogP contribution in [0.4, 0.5) is 4.79 Å². The van der Waals surface area contributed by atoms with Gasteiger partial charge < -0.3 is 18.9 Å². The van der Waals surface area contributed by atoms with E-state index in [1.807, 2.05) is 0 Å². The van der Waals surface area contributed by atoms with Gasteiger partial charge in [-0.25, -0.2) is 4.79 Å². The van der Waals surface area contributed by atoms with Crippen LogP contribution in [0.1, 0.15) is 26.3 Å². The third-order valence-corrected chi connectivity index (χ3v) is 5.34. The largest absolute Gasteiger partial charge is 0.493 e. The topological polar surface area (TPSA) is 108 Å². The molecule has 2 amide bonds. The third kappa shape index (κ3) is 6.73. The molecule has 0 spiro atoms. The van der Waals surface area contributed by atoms with Gasteiger partial charge in [-0.15, -0.1) is 0 Å². The highest BCUT2D eigenvalue weighted by Crippen LogP contribution is 2.38. The molecule has 0 bridgehead atoms. The lowest BCUT2D eigenvalue weighted by atomic mass is 10.2. The number of thioether (sulfide) groups is 1. The molecule has 1 aromatic rings. The molecule has 1 fully saturated rings. The quantitative estimate of drug-likeness (QED) is 0.361. The van der Waals surface area contributed by atoms with Gasteiger partial charge in [0, 0.05) is 4.47 Å². The molecule has 11 heteroatoms. The number of carbonyl (C=O) groups excluding carboxylic acids is 4. The molecule has 0 radical (unpaired) electrons. The molecule has 0 atom stereocenters. The number of amides is 2. The minimum absolute atomic E-state index is 0.144. The Kier molecular flexibility index (Phi) is 8.93. The van der Waals surface area contributed by atoms with Crippen LogP contribution in [-0.2, 0) is 23.9 Å². The van der Waals surface area contributed by atoms with E-state index in [1.54, 1.807) is 32.9 Å². The summed E-state index contributed by atoms with van der Waals surface area (Å²) < 4.78 is 21.1. The first-order chi connectivity index (χ1) is 14.7. The van der Waals surface area contributed by atoms with Gasteiger partial charge in [-0.05, 0) is 56.3 Å². The van der Waals surface area contributed by atoms with Gasteiger partial charge in [0.05, 0.1) is 24.7 Å². The van der Waals surface area contributed by atoms with Crippen molar-refractivity contribution >= 4 is 56.9 Å². The second kappa shape index (κ2) is 11.2. The number of hydrogen-bond donors (Lipinski definition) is 0. The summed E-state index contributed by atoms with van der Waals surface area (Å²) in [4.78, 5) is 49.1. The standard InChI is InChI=1S/C20H22BrNO8S/c1-5-28-18(24)10-29-15-8-13(21)12(6-14(15)27-4)7-16-19(25)22(20(26)31-16)9-17(23)30-11(2)3/h6-8,11H,5,9-10H2,1-4H3/b16-7+. The van der Waals surface area contributed by atoms with Crippen molar-refractivity contribution < 1.29 is 38.1 Å². The lowest BCUT2D eigenvalue weighted by Crippen LogP contribution is -2.35. The Hall–Kier alpha value is -2.53. The maximum Gasteiger partial charge on any atom is 0.344 e. The lowest BCUT2D eigenvalue weighted by Gasteiger charge is -2.13. The van der Waals surface area contributed by atoms with E-state index in [0.29, 0.717) is 21.5 Å². The molecule has 0 aliphatic carbocycles. The van der Waals surface area contributed by atoms with Crippen molar-refractivity contribution in [2.45, 2.75) is 26.9 Å². The maximum absolute atomic E-state index is 12.6. The normalized spacial score (nSPS) is 14.9. The molecule has 168 valence electrons. The molecule has 1 aromatic carbocycles. The number of methoxy groups -OCH3 is 1. The minimum atomic E-state index is -0.662. The van der Waals surface area contributed by atoms with Crippen molar-refractivity contribution in [2.24, 2.45) is 0 Å². The molecule has 1 aliphatic rings. The first-order valence-electron chi connectivity index (χ1n) is 9.27. The molecule has 31 heavy (non-hydrogen) atoms. The first-order valence-corrected chi connectivity index (χ1v) is 10.9.